The minimum absolute atomic E-state index is 0.0385. The smallest absolute Gasteiger partial charge is 0.409 e. The molecule has 2 heterocycles. The molecule has 0 aromatic heterocycles. The second kappa shape index (κ2) is 6.13. The first-order valence-corrected chi connectivity index (χ1v) is 7.21. The fourth-order valence-electron chi connectivity index (χ4n) is 2.67. The highest BCUT2D eigenvalue weighted by molar-refractivity contribution is 5.93. The maximum atomic E-state index is 12.3. The molecule has 1 saturated heterocycles. The van der Waals surface area contributed by atoms with Gasteiger partial charge in [0, 0.05) is 30.8 Å². The van der Waals surface area contributed by atoms with Crippen molar-refractivity contribution in [3.8, 4) is 11.5 Å². The van der Waals surface area contributed by atoms with E-state index in [1.165, 1.54) is 7.11 Å². The molecular formula is C15H18N2O5. The molecule has 22 heavy (non-hydrogen) atoms. The lowest BCUT2D eigenvalue weighted by molar-refractivity contribution is -0.121. The van der Waals surface area contributed by atoms with Crippen LogP contribution in [0.15, 0.2) is 18.2 Å². The zero-order valence-electron chi connectivity index (χ0n) is 12.3. The summed E-state index contributed by atoms with van der Waals surface area (Å²) in [6, 6.07) is 5.32. The summed E-state index contributed by atoms with van der Waals surface area (Å²) in [5.74, 6) is 1.18. The molecule has 0 aliphatic carbocycles. The number of nitrogens with one attached hydrogen (secondary N) is 1. The first kappa shape index (κ1) is 14.5. The van der Waals surface area contributed by atoms with Crippen LogP contribution in [-0.4, -0.2) is 43.9 Å². The number of fused-ring (bicyclic) bond motifs is 1. The van der Waals surface area contributed by atoms with Gasteiger partial charge in [0.1, 0.15) is 0 Å². The van der Waals surface area contributed by atoms with Gasteiger partial charge in [0.15, 0.2) is 11.5 Å². The lowest BCUT2D eigenvalue weighted by Gasteiger charge is -2.30. The molecule has 1 fully saturated rings. The van der Waals surface area contributed by atoms with Gasteiger partial charge in [0.05, 0.1) is 7.11 Å². The lowest BCUT2D eigenvalue weighted by Crippen LogP contribution is -2.41. The lowest BCUT2D eigenvalue weighted by atomic mass is 9.96. The number of hydrogen-bond acceptors (Lipinski definition) is 5. The second-order valence-electron chi connectivity index (χ2n) is 5.29. The average Bonchev–Trinajstić information content (AvgIpc) is 3.02. The monoisotopic (exact) mass is 306 g/mol. The molecule has 1 aromatic rings. The van der Waals surface area contributed by atoms with Crippen LogP contribution in [0.1, 0.15) is 12.8 Å². The van der Waals surface area contributed by atoms with Gasteiger partial charge in [0.25, 0.3) is 0 Å². The molecule has 2 amide bonds. The third-order valence-corrected chi connectivity index (χ3v) is 3.94. The molecule has 1 aromatic carbocycles. The SMILES string of the molecule is COC(=O)N1CCC(C(=O)Nc2ccc3c(c2)OCO3)CC1. The highest BCUT2D eigenvalue weighted by atomic mass is 16.7. The Hall–Kier alpha value is -2.44. The molecule has 2 aliphatic rings. The Bertz CT molecular complexity index is 581. The van der Waals surface area contributed by atoms with E-state index >= 15 is 0 Å². The predicted octanol–water partition coefficient (Wildman–Crippen LogP) is 1.83. The molecule has 7 heteroatoms. The van der Waals surface area contributed by atoms with Gasteiger partial charge < -0.3 is 24.4 Å². The number of carbonyl (C=O) groups is 2. The van der Waals surface area contributed by atoms with E-state index in [0.717, 1.165) is 0 Å². The van der Waals surface area contributed by atoms with Crippen LogP contribution in [0.25, 0.3) is 0 Å². The van der Waals surface area contributed by atoms with Gasteiger partial charge in [-0.3, -0.25) is 4.79 Å². The van der Waals surface area contributed by atoms with Crippen LogP contribution in [0.5, 0.6) is 11.5 Å². The van der Waals surface area contributed by atoms with E-state index in [1.54, 1.807) is 23.1 Å². The third-order valence-electron chi connectivity index (χ3n) is 3.94. The van der Waals surface area contributed by atoms with E-state index in [0.29, 0.717) is 43.1 Å². The van der Waals surface area contributed by atoms with E-state index < -0.39 is 0 Å². The Morgan fingerprint density at radius 3 is 2.68 bits per heavy atom. The van der Waals surface area contributed by atoms with Gasteiger partial charge in [-0.05, 0) is 25.0 Å². The Balaban J connectivity index is 1.56. The summed E-state index contributed by atoms with van der Waals surface area (Å²) in [7, 11) is 1.36. The van der Waals surface area contributed by atoms with Gasteiger partial charge in [0.2, 0.25) is 12.7 Å². The van der Waals surface area contributed by atoms with Gasteiger partial charge in [-0.2, -0.15) is 0 Å². The highest BCUT2D eigenvalue weighted by Crippen LogP contribution is 2.34. The first-order valence-electron chi connectivity index (χ1n) is 7.21. The number of likely N-dealkylation sites (tertiary alicyclic amines) is 1. The van der Waals surface area contributed by atoms with Crippen molar-refractivity contribution < 1.29 is 23.8 Å². The van der Waals surface area contributed by atoms with Gasteiger partial charge >= 0.3 is 6.09 Å². The van der Waals surface area contributed by atoms with E-state index in [4.69, 9.17) is 9.47 Å². The fourth-order valence-corrected chi connectivity index (χ4v) is 2.67. The maximum Gasteiger partial charge on any atom is 0.409 e. The minimum atomic E-state index is -0.338. The number of amides is 2. The molecule has 0 spiro atoms. The molecule has 0 atom stereocenters. The van der Waals surface area contributed by atoms with E-state index in [1.807, 2.05) is 0 Å². The molecule has 118 valence electrons. The molecule has 3 rings (SSSR count). The predicted molar refractivity (Wildman–Crippen MR) is 77.9 cm³/mol. The van der Waals surface area contributed by atoms with Crippen LogP contribution < -0.4 is 14.8 Å². The number of carbonyl (C=O) groups excluding carboxylic acids is 2. The van der Waals surface area contributed by atoms with Crippen LogP contribution in [0.2, 0.25) is 0 Å². The van der Waals surface area contributed by atoms with Crippen molar-refractivity contribution in [3.05, 3.63) is 18.2 Å². The Morgan fingerprint density at radius 1 is 1.23 bits per heavy atom. The van der Waals surface area contributed by atoms with Gasteiger partial charge in [-0.1, -0.05) is 0 Å². The number of rotatable bonds is 2. The van der Waals surface area contributed by atoms with Crippen molar-refractivity contribution in [1.29, 1.82) is 0 Å². The quantitative estimate of drug-likeness (QED) is 0.902. The topological polar surface area (TPSA) is 77.1 Å². The number of ether oxygens (including phenoxy) is 3. The first-order chi connectivity index (χ1) is 10.7. The normalized spacial score (nSPS) is 17.2. The summed E-state index contributed by atoms with van der Waals surface area (Å²) in [4.78, 5) is 25.3. The Kier molecular flexibility index (Phi) is 4.04. The second-order valence-corrected chi connectivity index (χ2v) is 5.29. The number of methoxy groups -OCH3 is 1. The van der Waals surface area contributed by atoms with Crippen molar-refractivity contribution in [2.75, 3.05) is 32.3 Å². The largest absolute Gasteiger partial charge is 0.454 e. The molecule has 0 saturated carbocycles. The number of hydrogen-bond donors (Lipinski definition) is 1. The van der Waals surface area contributed by atoms with Crippen LogP contribution in [0, 0.1) is 5.92 Å². The molecule has 0 radical (unpaired) electrons. The van der Waals surface area contributed by atoms with Crippen molar-refractivity contribution >= 4 is 17.7 Å². The molecule has 0 bridgehead atoms. The Morgan fingerprint density at radius 2 is 1.95 bits per heavy atom. The number of benzene rings is 1. The third kappa shape index (κ3) is 2.93. The minimum Gasteiger partial charge on any atom is -0.454 e. The van der Waals surface area contributed by atoms with Gasteiger partial charge in [-0.25, -0.2) is 4.79 Å². The van der Waals surface area contributed by atoms with Crippen LogP contribution >= 0.6 is 0 Å². The summed E-state index contributed by atoms with van der Waals surface area (Å²) < 4.78 is 15.2. The zero-order chi connectivity index (χ0) is 15.5. The van der Waals surface area contributed by atoms with Gasteiger partial charge in [-0.15, -0.1) is 0 Å². The van der Waals surface area contributed by atoms with Crippen LogP contribution in [0.3, 0.4) is 0 Å². The molecule has 7 nitrogen and oxygen atoms in total. The van der Waals surface area contributed by atoms with E-state index in [2.05, 4.69) is 10.1 Å². The molecule has 2 aliphatic heterocycles. The summed E-state index contributed by atoms with van der Waals surface area (Å²) >= 11 is 0. The van der Waals surface area contributed by atoms with E-state index in [9.17, 15) is 9.59 Å². The van der Waals surface area contributed by atoms with Crippen LogP contribution in [-0.2, 0) is 9.53 Å². The standard InChI is InChI=1S/C15H18N2O5/c1-20-15(19)17-6-4-10(5-7-17)14(18)16-11-2-3-12-13(8-11)22-9-21-12/h2-3,8,10H,4-7,9H2,1H3,(H,16,18). The molecular weight excluding hydrogens is 288 g/mol. The number of piperidine rings is 1. The zero-order valence-corrected chi connectivity index (χ0v) is 12.3. The molecule has 1 N–H and O–H groups in total. The summed E-state index contributed by atoms with van der Waals surface area (Å²) in [6.45, 7) is 1.27. The average molecular weight is 306 g/mol. The van der Waals surface area contributed by atoms with Crippen molar-refractivity contribution in [1.82, 2.24) is 4.90 Å². The molecule has 0 unspecified atom stereocenters. The maximum absolute atomic E-state index is 12.3. The van der Waals surface area contributed by atoms with Crippen molar-refractivity contribution in [3.63, 3.8) is 0 Å². The van der Waals surface area contributed by atoms with Crippen molar-refractivity contribution in [2.24, 2.45) is 5.92 Å². The summed E-state index contributed by atoms with van der Waals surface area (Å²) in [5.41, 5.74) is 0.685. The highest BCUT2D eigenvalue weighted by Gasteiger charge is 2.28. The summed E-state index contributed by atoms with van der Waals surface area (Å²) in [6.07, 6.45) is 0.923. The number of nitrogens with zero attached hydrogens (tertiary/aromatic N) is 1. The fraction of sp³-hybridized carbons (Fsp3) is 0.467. The Labute approximate surface area is 128 Å². The van der Waals surface area contributed by atoms with Crippen molar-refractivity contribution in [2.45, 2.75) is 12.8 Å². The summed E-state index contributed by atoms with van der Waals surface area (Å²) in [5, 5.41) is 2.89. The van der Waals surface area contributed by atoms with Crippen LogP contribution in [0.4, 0.5) is 10.5 Å². The number of anilines is 1. The van der Waals surface area contributed by atoms with E-state index in [-0.39, 0.29) is 24.7 Å².